The number of methoxy groups -OCH3 is 1. The van der Waals surface area contributed by atoms with E-state index in [-0.39, 0.29) is 5.69 Å². The maximum absolute atomic E-state index is 13.7. The van der Waals surface area contributed by atoms with E-state index in [0.717, 1.165) is 35.5 Å². The van der Waals surface area contributed by atoms with Crippen molar-refractivity contribution < 1.29 is 18.3 Å². The van der Waals surface area contributed by atoms with Crippen LogP contribution in [0.1, 0.15) is 6.92 Å². The Morgan fingerprint density at radius 3 is 2.71 bits per heavy atom. The highest BCUT2D eigenvalue weighted by molar-refractivity contribution is 8.00. The minimum absolute atomic E-state index is 0.204. The molecule has 0 bridgehead atoms. The number of halogens is 2. The lowest BCUT2D eigenvalue weighted by molar-refractivity contribution is -0.115. The Balaban J connectivity index is 1.76. The van der Waals surface area contributed by atoms with E-state index in [2.05, 4.69) is 15.5 Å². The fourth-order valence-corrected chi connectivity index (χ4v) is 3.34. The summed E-state index contributed by atoms with van der Waals surface area (Å²) in [7, 11) is 3.35. The first-order valence-corrected chi connectivity index (χ1v) is 9.24. The zero-order valence-electron chi connectivity index (χ0n) is 15.4. The molecule has 1 N–H and O–H groups in total. The van der Waals surface area contributed by atoms with Crippen molar-refractivity contribution in [3.8, 4) is 17.1 Å². The molecule has 0 fully saturated rings. The molecule has 0 saturated carbocycles. The standard InChI is InChI=1S/C19H18F2N4O2S/c1-11(18(26)22-15-10-12(20)8-9-14(15)21)28-19-24-23-17(25(19)2)13-6-4-5-7-16(13)27-3/h4-11H,1-3H3,(H,22,26)/t11-/m1/s1. The van der Waals surface area contributed by atoms with Gasteiger partial charge in [-0.2, -0.15) is 0 Å². The Hall–Kier alpha value is -2.94. The second-order valence-corrected chi connectivity index (χ2v) is 7.25. The van der Waals surface area contributed by atoms with Crippen molar-refractivity contribution in [1.29, 1.82) is 0 Å². The number of hydrogen-bond donors (Lipinski definition) is 1. The molecule has 0 unspecified atom stereocenters. The van der Waals surface area contributed by atoms with Gasteiger partial charge in [-0.1, -0.05) is 23.9 Å². The Morgan fingerprint density at radius 2 is 1.96 bits per heavy atom. The first-order chi connectivity index (χ1) is 13.4. The molecule has 1 heterocycles. The van der Waals surface area contributed by atoms with Crippen LogP contribution in [0.3, 0.4) is 0 Å². The average Bonchev–Trinajstić information content (AvgIpc) is 3.04. The van der Waals surface area contributed by atoms with Gasteiger partial charge in [0.25, 0.3) is 0 Å². The Bertz CT molecular complexity index is 1010. The van der Waals surface area contributed by atoms with Gasteiger partial charge in [0.1, 0.15) is 17.4 Å². The van der Waals surface area contributed by atoms with Crippen molar-refractivity contribution in [3.05, 3.63) is 54.1 Å². The van der Waals surface area contributed by atoms with Crippen LogP contribution in [0, 0.1) is 11.6 Å². The van der Waals surface area contributed by atoms with E-state index in [1.165, 1.54) is 0 Å². The first-order valence-electron chi connectivity index (χ1n) is 8.36. The Morgan fingerprint density at radius 1 is 1.21 bits per heavy atom. The van der Waals surface area contributed by atoms with Crippen LogP contribution in [0.4, 0.5) is 14.5 Å². The third-order valence-corrected chi connectivity index (χ3v) is 5.15. The van der Waals surface area contributed by atoms with Gasteiger partial charge in [0.05, 0.1) is 23.6 Å². The molecular weight excluding hydrogens is 386 g/mol. The molecule has 28 heavy (non-hydrogen) atoms. The number of ether oxygens (including phenoxy) is 1. The summed E-state index contributed by atoms with van der Waals surface area (Å²) in [6.45, 7) is 1.65. The molecule has 0 saturated heterocycles. The number of aromatic nitrogens is 3. The predicted molar refractivity (Wildman–Crippen MR) is 103 cm³/mol. The minimum Gasteiger partial charge on any atom is -0.496 e. The topological polar surface area (TPSA) is 69.0 Å². The molecule has 0 aliphatic carbocycles. The van der Waals surface area contributed by atoms with Gasteiger partial charge in [0.2, 0.25) is 5.91 Å². The van der Waals surface area contributed by atoms with Gasteiger partial charge in [-0.15, -0.1) is 10.2 Å². The first kappa shape index (κ1) is 19.8. The number of hydrogen-bond acceptors (Lipinski definition) is 5. The number of carbonyl (C=O) groups excluding carboxylic acids is 1. The van der Waals surface area contributed by atoms with Crippen molar-refractivity contribution in [2.45, 2.75) is 17.3 Å². The van der Waals surface area contributed by atoms with Crippen molar-refractivity contribution in [1.82, 2.24) is 14.8 Å². The smallest absolute Gasteiger partial charge is 0.237 e. The van der Waals surface area contributed by atoms with E-state index in [1.54, 1.807) is 25.6 Å². The number of para-hydroxylation sites is 1. The summed E-state index contributed by atoms with van der Waals surface area (Å²) in [5.41, 5.74) is 0.566. The highest BCUT2D eigenvalue weighted by Crippen LogP contribution is 2.31. The highest BCUT2D eigenvalue weighted by Gasteiger charge is 2.21. The normalized spacial score (nSPS) is 11.9. The van der Waals surface area contributed by atoms with E-state index >= 15 is 0 Å². The van der Waals surface area contributed by atoms with E-state index in [4.69, 9.17) is 4.74 Å². The average molecular weight is 404 g/mol. The number of nitrogens with one attached hydrogen (secondary N) is 1. The molecule has 9 heteroatoms. The number of rotatable bonds is 6. The van der Waals surface area contributed by atoms with E-state index in [1.807, 2.05) is 24.3 Å². The van der Waals surface area contributed by atoms with E-state index in [0.29, 0.717) is 16.7 Å². The largest absolute Gasteiger partial charge is 0.496 e. The Labute approximate surface area is 164 Å². The maximum Gasteiger partial charge on any atom is 0.237 e. The summed E-state index contributed by atoms with van der Waals surface area (Å²) < 4.78 is 34.1. The molecule has 6 nitrogen and oxygen atoms in total. The number of benzene rings is 2. The van der Waals surface area contributed by atoms with Crippen LogP contribution in [0.5, 0.6) is 5.75 Å². The number of anilines is 1. The van der Waals surface area contributed by atoms with Gasteiger partial charge in [-0.3, -0.25) is 4.79 Å². The lowest BCUT2D eigenvalue weighted by Crippen LogP contribution is -2.23. The molecule has 0 aliphatic rings. The molecular formula is C19H18F2N4O2S. The molecule has 3 rings (SSSR count). The molecule has 1 amide bonds. The zero-order chi connectivity index (χ0) is 20.3. The van der Waals surface area contributed by atoms with Crippen LogP contribution in [-0.4, -0.2) is 33.0 Å². The van der Waals surface area contributed by atoms with Crippen LogP contribution in [0.25, 0.3) is 11.4 Å². The predicted octanol–water partition coefficient (Wildman–Crippen LogP) is 3.89. The third kappa shape index (κ3) is 4.14. The molecule has 1 atom stereocenters. The third-order valence-electron chi connectivity index (χ3n) is 4.02. The van der Waals surface area contributed by atoms with Gasteiger partial charge in [-0.05, 0) is 31.2 Å². The van der Waals surface area contributed by atoms with Gasteiger partial charge in [0, 0.05) is 13.1 Å². The lowest BCUT2D eigenvalue weighted by Gasteiger charge is -2.12. The molecule has 1 aromatic heterocycles. The summed E-state index contributed by atoms with van der Waals surface area (Å²) in [4.78, 5) is 12.4. The number of amides is 1. The van der Waals surface area contributed by atoms with Crippen molar-refractivity contribution in [2.75, 3.05) is 12.4 Å². The highest BCUT2D eigenvalue weighted by atomic mass is 32.2. The fraction of sp³-hybridized carbons (Fsp3) is 0.211. The van der Waals surface area contributed by atoms with Crippen LogP contribution in [-0.2, 0) is 11.8 Å². The molecule has 3 aromatic rings. The van der Waals surface area contributed by atoms with Crippen molar-refractivity contribution in [3.63, 3.8) is 0 Å². The number of nitrogens with zero attached hydrogens (tertiary/aromatic N) is 3. The van der Waals surface area contributed by atoms with Crippen LogP contribution in [0.15, 0.2) is 47.6 Å². The second-order valence-electron chi connectivity index (χ2n) is 5.94. The van der Waals surface area contributed by atoms with Gasteiger partial charge in [0.15, 0.2) is 11.0 Å². The van der Waals surface area contributed by atoms with Crippen molar-refractivity contribution in [2.24, 2.45) is 7.05 Å². The SMILES string of the molecule is COc1ccccc1-c1nnc(S[C@H](C)C(=O)Nc2cc(F)ccc2F)n1C. The minimum atomic E-state index is -0.705. The Kier molecular flexibility index (Phi) is 5.93. The van der Waals surface area contributed by atoms with Crippen LogP contribution in [0.2, 0.25) is 0 Å². The fourth-order valence-electron chi connectivity index (χ4n) is 2.52. The summed E-state index contributed by atoms with van der Waals surface area (Å²) >= 11 is 1.16. The molecule has 146 valence electrons. The van der Waals surface area contributed by atoms with Gasteiger partial charge < -0.3 is 14.6 Å². The summed E-state index contributed by atoms with van der Waals surface area (Å²) in [5.74, 6) is -0.571. The summed E-state index contributed by atoms with van der Waals surface area (Å²) in [5, 5.41) is 10.6. The maximum atomic E-state index is 13.7. The zero-order valence-corrected chi connectivity index (χ0v) is 16.3. The van der Waals surface area contributed by atoms with Crippen LogP contribution < -0.4 is 10.1 Å². The number of carbonyl (C=O) groups is 1. The van der Waals surface area contributed by atoms with E-state index in [9.17, 15) is 13.6 Å². The molecule has 0 aliphatic heterocycles. The van der Waals surface area contributed by atoms with Crippen molar-refractivity contribution >= 4 is 23.4 Å². The van der Waals surface area contributed by atoms with Gasteiger partial charge >= 0.3 is 0 Å². The molecule has 2 aromatic carbocycles. The molecule has 0 spiro atoms. The van der Waals surface area contributed by atoms with E-state index < -0.39 is 22.8 Å². The lowest BCUT2D eigenvalue weighted by atomic mass is 10.2. The van der Waals surface area contributed by atoms with Crippen LogP contribution >= 0.6 is 11.8 Å². The van der Waals surface area contributed by atoms with Gasteiger partial charge in [-0.25, -0.2) is 8.78 Å². The second kappa shape index (κ2) is 8.39. The summed E-state index contributed by atoms with van der Waals surface area (Å²) in [6, 6.07) is 10.3. The summed E-state index contributed by atoms with van der Waals surface area (Å²) in [6.07, 6.45) is 0. The molecule has 0 radical (unpaired) electrons. The number of thioether (sulfide) groups is 1. The monoisotopic (exact) mass is 404 g/mol. The quantitative estimate of drug-likeness (QED) is 0.632.